The standard InChI is InChI=1S/C17H14F2N4OS/c18-14(19)15-21-11-5-2-1-4-10(11)16(22-15)23-8-7-20-17(24)13(23)12-6-3-9-25-12/h1-6,9,13-14H,7-8H2,(H,20,24). The van der Waals surface area contributed by atoms with Crippen molar-refractivity contribution in [2.45, 2.75) is 12.5 Å². The SMILES string of the molecule is O=C1NCCN(c2nc(C(F)F)nc3ccccc23)C1c1cccs1. The first-order valence-corrected chi connectivity index (χ1v) is 8.65. The summed E-state index contributed by atoms with van der Waals surface area (Å²) in [5.41, 5.74) is 0.443. The molecular weight excluding hydrogens is 346 g/mol. The summed E-state index contributed by atoms with van der Waals surface area (Å²) in [6.07, 6.45) is -2.78. The van der Waals surface area contributed by atoms with Gasteiger partial charge in [-0.2, -0.15) is 0 Å². The molecule has 1 aliphatic heterocycles. The Kier molecular flexibility index (Phi) is 4.04. The Morgan fingerprint density at radius 1 is 1.20 bits per heavy atom. The number of nitrogens with one attached hydrogen (secondary N) is 1. The van der Waals surface area contributed by atoms with Crippen LogP contribution >= 0.6 is 11.3 Å². The van der Waals surface area contributed by atoms with E-state index in [-0.39, 0.29) is 5.91 Å². The highest BCUT2D eigenvalue weighted by molar-refractivity contribution is 7.10. The number of nitrogens with zero attached hydrogens (tertiary/aromatic N) is 3. The fraction of sp³-hybridized carbons (Fsp3) is 0.235. The van der Waals surface area contributed by atoms with Crippen LogP contribution in [-0.4, -0.2) is 29.0 Å². The highest BCUT2D eigenvalue weighted by Crippen LogP contribution is 2.35. The van der Waals surface area contributed by atoms with E-state index < -0.39 is 18.3 Å². The zero-order chi connectivity index (χ0) is 17.4. The molecule has 2 aromatic heterocycles. The van der Waals surface area contributed by atoms with Crippen LogP contribution in [-0.2, 0) is 4.79 Å². The second kappa shape index (κ2) is 6.36. The molecule has 1 N–H and O–H groups in total. The largest absolute Gasteiger partial charge is 0.352 e. The molecule has 128 valence electrons. The average Bonchev–Trinajstić information content (AvgIpc) is 3.14. The van der Waals surface area contributed by atoms with Gasteiger partial charge < -0.3 is 10.2 Å². The van der Waals surface area contributed by atoms with Crippen molar-refractivity contribution in [1.82, 2.24) is 15.3 Å². The van der Waals surface area contributed by atoms with Gasteiger partial charge in [0, 0.05) is 23.4 Å². The second-order valence-electron chi connectivity index (χ2n) is 5.63. The van der Waals surface area contributed by atoms with Gasteiger partial charge in [0.05, 0.1) is 5.52 Å². The van der Waals surface area contributed by atoms with Crippen LogP contribution in [0.1, 0.15) is 23.2 Å². The van der Waals surface area contributed by atoms with Gasteiger partial charge in [-0.1, -0.05) is 18.2 Å². The minimum Gasteiger partial charge on any atom is -0.352 e. The number of carbonyl (C=O) groups excluding carboxylic acids is 1. The molecule has 4 rings (SSSR count). The normalized spacial score (nSPS) is 18.0. The van der Waals surface area contributed by atoms with Gasteiger partial charge >= 0.3 is 0 Å². The van der Waals surface area contributed by atoms with Gasteiger partial charge in [-0.3, -0.25) is 4.79 Å². The lowest BCUT2D eigenvalue weighted by Crippen LogP contribution is -2.50. The maximum atomic E-state index is 13.3. The maximum Gasteiger partial charge on any atom is 0.297 e. The van der Waals surface area contributed by atoms with E-state index >= 15 is 0 Å². The fourth-order valence-corrected chi connectivity index (χ4v) is 3.85. The molecule has 1 atom stereocenters. The number of piperazine rings is 1. The number of alkyl halides is 2. The van der Waals surface area contributed by atoms with Gasteiger partial charge in [0.15, 0.2) is 5.82 Å². The van der Waals surface area contributed by atoms with Crippen LogP contribution in [0.15, 0.2) is 41.8 Å². The molecule has 1 saturated heterocycles. The van der Waals surface area contributed by atoms with Crippen molar-refractivity contribution in [3.63, 3.8) is 0 Å². The third-order valence-electron chi connectivity index (χ3n) is 4.09. The van der Waals surface area contributed by atoms with Gasteiger partial charge in [0.1, 0.15) is 11.9 Å². The van der Waals surface area contributed by atoms with Gasteiger partial charge in [-0.15, -0.1) is 11.3 Å². The summed E-state index contributed by atoms with van der Waals surface area (Å²) >= 11 is 1.45. The highest BCUT2D eigenvalue weighted by Gasteiger charge is 2.34. The molecule has 1 amide bonds. The van der Waals surface area contributed by atoms with E-state index in [0.29, 0.717) is 29.8 Å². The Labute approximate surface area is 146 Å². The number of benzene rings is 1. The summed E-state index contributed by atoms with van der Waals surface area (Å²) in [4.78, 5) is 23.2. The molecule has 1 fully saturated rings. The molecule has 5 nitrogen and oxygen atoms in total. The van der Waals surface area contributed by atoms with Gasteiger partial charge in [-0.05, 0) is 23.6 Å². The molecule has 3 aromatic rings. The quantitative estimate of drug-likeness (QED) is 0.779. The number of aromatic nitrogens is 2. The Bertz CT molecular complexity index is 916. The molecule has 0 spiro atoms. The minimum absolute atomic E-state index is 0.157. The molecule has 1 aromatic carbocycles. The lowest BCUT2D eigenvalue weighted by Gasteiger charge is -2.36. The number of hydrogen-bond donors (Lipinski definition) is 1. The Balaban J connectivity index is 1.90. The number of carbonyl (C=O) groups is 1. The molecule has 0 radical (unpaired) electrons. The van der Waals surface area contributed by atoms with Crippen molar-refractivity contribution in [3.8, 4) is 0 Å². The van der Waals surface area contributed by atoms with Crippen molar-refractivity contribution in [3.05, 3.63) is 52.5 Å². The van der Waals surface area contributed by atoms with Crippen molar-refractivity contribution >= 4 is 34.0 Å². The average molecular weight is 360 g/mol. The summed E-state index contributed by atoms with van der Waals surface area (Å²) in [6.45, 7) is 0.918. The first-order chi connectivity index (χ1) is 12.1. The van der Waals surface area contributed by atoms with E-state index in [1.165, 1.54) is 11.3 Å². The monoisotopic (exact) mass is 360 g/mol. The third kappa shape index (κ3) is 2.82. The number of anilines is 1. The van der Waals surface area contributed by atoms with E-state index in [1.807, 2.05) is 17.5 Å². The number of fused-ring (bicyclic) bond motifs is 1. The topological polar surface area (TPSA) is 58.1 Å². The molecule has 25 heavy (non-hydrogen) atoms. The molecular formula is C17H14F2N4OS. The molecule has 1 unspecified atom stereocenters. The summed E-state index contributed by atoms with van der Waals surface area (Å²) in [7, 11) is 0. The van der Waals surface area contributed by atoms with Crippen LogP contribution in [0.3, 0.4) is 0 Å². The van der Waals surface area contributed by atoms with E-state index in [1.54, 1.807) is 29.2 Å². The lowest BCUT2D eigenvalue weighted by atomic mass is 10.1. The first-order valence-electron chi connectivity index (χ1n) is 7.78. The van der Waals surface area contributed by atoms with Crippen LogP contribution in [0.2, 0.25) is 0 Å². The molecule has 0 bridgehead atoms. The van der Waals surface area contributed by atoms with Crippen molar-refractivity contribution in [2.75, 3.05) is 18.0 Å². The van der Waals surface area contributed by atoms with E-state index in [2.05, 4.69) is 15.3 Å². The molecule has 3 heterocycles. The van der Waals surface area contributed by atoms with Gasteiger partial charge in [0.2, 0.25) is 5.91 Å². The summed E-state index contributed by atoms with van der Waals surface area (Å²) in [5, 5.41) is 5.38. The number of para-hydroxylation sites is 1. The van der Waals surface area contributed by atoms with Crippen LogP contribution in [0, 0.1) is 0 Å². The van der Waals surface area contributed by atoms with Crippen molar-refractivity contribution in [2.24, 2.45) is 0 Å². The Hall–Kier alpha value is -2.61. The number of rotatable bonds is 3. The summed E-state index contributed by atoms with van der Waals surface area (Å²) in [6, 6.07) is 10.2. The maximum absolute atomic E-state index is 13.3. The van der Waals surface area contributed by atoms with Crippen molar-refractivity contribution < 1.29 is 13.6 Å². The number of halogens is 2. The molecule has 1 aliphatic rings. The van der Waals surface area contributed by atoms with Crippen LogP contribution in [0.25, 0.3) is 10.9 Å². The number of hydrogen-bond acceptors (Lipinski definition) is 5. The summed E-state index contributed by atoms with van der Waals surface area (Å²) in [5.74, 6) is -0.311. The smallest absolute Gasteiger partial charge is 0.297 e. The van der Waals surface area contributed by atoms with Gasteiger partial charge in [-0.25, -0.2) is 18.7 Å². The van der Waals surface area contributed by atoms with E-state index in [9.17, 15) is 13.6 Å². The van der Waals surface area contributed by atoms with Gasteiger partial charge in [0.25, 0.3) is 6.43 Å². The molecule has 8 heteroatoms. The third-order valence-corrected chi connectivity index (χ3v) is 5.02. The first kappa shape index (κ1) is 15.9. The highest BCUT2D eigenvalue weighted by atomic mass is 32.1. The fourth-order valence-electron chi connectivity index (χ4n) is 3.02. The number of thiophene rings is 1. The zero-order valence-electron chi connectivity index (χ0n) is 13.0. The second-order valence-corrected chi connectivity index (χ2v) is 6.60. The molecule has 0 aliphatic carbocycles. The summed E-state index contributed by atoms with van der Waals surface area (Å²) < 4.78 is 26.5. The van der Waals surface area contributed by atoms with Crippen LogP contribution in [0.5, 0.6) is 0 Å². The predicted molar refractivity (Wildman–Crippen MR) is 91.9 cm³/mol. The minimum atomic E-state index is -2.78. The van der Waals surface area contributed by atoms with Crippen molar-refractivity contribution in [1.29, 1.82) is 0 Å². The Morgan fingerprint density at radius 2 is 2.04 bits per heavy atom. The Morgan fingerprint density at radius 3 is 2.80 bits per heavy atom. The van der Waals surface area contributed by atoms with Crippen LogP contribution < -0.4 is 10.2 Å². The van der Waals surface area contributed by atoms with E-state index in [0.717, 1.165) is 4.88 Å². The number of amides is 1. The molecule has 0 saturated carbocycles. The van der Waals surface area contributed by atoms with E-state index in [4.69, 9.17) is 0 Å². The predicted octanol–water partition coefficient (Wildman–Crippen LogP) is 3.31. The lowest BCUT2D eigenvalue weighted by molar-refractivity contribution is -0.123. The zero-order valence-corrected chi connectivity index (χ0v) is 13.8. The van der Waals surface area contributed by atoms with Crippen LogP contribution in [0.4, 0.5) is 14.6 Å².